The summed E-state index contributed by atoms with van der Waals surface area (Å²) in [5, 5.41) is 0. The number of carbonyl (C=O) groups is 1. The first-order chi connectivity index (χ1) is 9.77. The Balaban J connectivity index is 2.84. The zero-order chi connectivity index (χ0) is 16.0. The normalized spacial score (nSPS) is 13.2. The van der Waals surface area contributed by atoms with E-state index in [0.717, 1.165) is 6.07 Å². The average Bonchev–Trinajstić information content (AvgIpc) is 2.42. The van der Waals surface area contributed by atoms with E-state index in [4.69, 9.17) is 0 Å². The summed E-state index contributed by atoms with van der Waals surface area (Å²) in [5.74, 6) is -1.72. The summed E-state index contributed by atoms with van der Waals surface area (Å²) >= 11 is 0. The van der Waals surface area contributed by atoms with Crippen molar-refractivity contribution in [3.63, 3.8) is 0 Å². The Morgan fingerprint density at radius 1 is 1.33 bits per heavy atom. The predicted molar refractivity (Wildman–Crippen MR) is 76.5 cm³/mol. The van der Waals surface area contributed by atoms with Crippen molar-refractivity contribution >= 4 is 16.0 Å². The lowest BCUT2D eigenvalue weighted by atomic mass is 9.97. The molecule has 0 bridgehead atoms. The second kappa shape index (κ2) is 7.51. The lowest BCUT2D eigenvalue weighted by molar-refractivity contribution is -0.145. The largest absolute Gasteiger partial charge is 0.469 e. The first-order valence-corrected chi connectivity index (χ1v) is 8.08. The molecule has 1 aromatic rings. The molecule has 1 N–H and O–H groups in total. The molecule has 0 saturated heterocycles. The van der Waals surface area contributed by atoms with Gasteiger partial charge in [0.25, 0.3) is 0 Å². The van der Waals surface area contributed by atoms with Gasteiger partial charge in [0.2, 0.25) is 10.0 Å². The summed E-state index contributed by atoms with van der Waals surface area (Å²) in [7, 11) is -2.75. The lowest BCUT2D eigenvalue weighted by Gasteiger charge is -2.17. The molecule has 0 radical (unpaired) electrons. The maximum Gasteiger partial charge on any atom is 0.309 e. The zero-order valence-corrected chi connectivity index (χ0v) is 13.1. The number of sulfonamides is 1. The molecule has 118 valence electrons. The van der Waals surface area contributed by atoms with Gasteiger partial charge in [0.15, 0.2) is 0 Å². The maximum atomic E-state index is 13.5. The molecule has 0 saturated carbocycles. The summed E-state index contributed by atoms with van der Waals surface area (Å²) in [4.78, 5) is 11.2. The minimum Gasteiger partial charge on any atom is -0.469 e. The fourth-order valence-corrected chi connectivity index (χ4v) is 3.11. The minimum atomic E-state index is -4.00. The van der Waals surface area contributed by atoms with E-state index in [1.807, 2.05) is 13.8 Å². The monoisotopic (exact) mass is 317 g/mol. The topological polar surface area (TPSA) is 72.5 Å². The summed E-state index contributed by atoms with van der Waals surface area (Å²) < 4.78 is 44.6. The third-order valence-electron chi connectivity index (χ3n) is 2.94. The summed E-state index contributed by atoms with van der Waals surface area (Å²) in [6, 6.07) is 5.08. The van der Waals surface area contributed by atoms with Crippen molar-refractivity contribution in [2.24, 2.45) is 11.8 Å². The van der Waals surface area contributed by atoms with E-state index in [2.05, 4.69) is 9.46 Å². The van der Waals surface area contributed by atoms with Crippen molar-refractivity contribution in [1.29, 1.82) is 0 Å². The fourth-order valence-electron chi connectivity index (χ4n) is 1.95. The van der Waals surface area contributed by atoms with Gasteiger partial charge in [0.1, 0.15) is 10.7 Å². The quantitative estimate of drug-likeness (QED) is 0.780. The number of hydrogen-bond acceptors (Lipinski definition) is 4. The molecule has 1 atom stereocenters. The lowest BCUT2D eigenvalue weighted by Crippen LogP contribution is -2.34. The van der Waals surface area contributed by atoms with Gasteiger partial charge in [-0.25, -0.2) is 17.5 Å². The van der Waals surface area contributed by atoms with Gasteiger partial charge in [0.05, 0.1) is 13.0 Å². The Bertz CT molecular complexity index is 586. The van der Waals surface area contributed by atoms with E-state index < -0.39 is 32.6 Å². The second-order valence-electron chi connectivity index (χ2n) is 5.13. The number of benzene rings is 1. The second-order valence-corrected chi connectivity index (χ2v) is 6.87. The summed E-state index contributed by atoms with van der Waals surface area (Å²) in [6.45, 7) is 3.71. The highest BCUT2D eigenvalue weighted by molar-refractivity contribution is 7.89. The van der Waals surface area contributed by atoms with Gasteiger partial charge in [-0.15, -0.1) is 0 Å². The van der Waals surface area contributed by atoms with Crippen LogP contribution in [0.2, 0.25) is 0 Å². The molecule has 0 aromatic heterocycles. The summed E-state index contributed by atoms with van der Waals surface area (Å²) in [5.41, 5.74) is 0. The van der Waals surface area contributed by atoms with Crippen LogP contribution in [0.1, 0.15) is 20.3 Å². The molecule has 0 amide bonds. The standard InChI is InChI=1S/C14H20FNO4S/c1-10(2)8-11(14(17)20-3)9-16-21(18,19)13-7-5-4-6-12(13)15/h4-7,10-11,16H,8-9H2,1-3H3. The van der Waals surface area contributed by atoms with Gasteiger partial charge in [-0.05, 0) is 24.5 Å². The van der Waals surface area contributed by atoms with Crippen LogP contribution < -0.4 is 4.72 Å². The van der Waals surface area contributed by atoms with Crippen molar-refractivity contribution in [1.82, 2.24) is 4.72 Å². The van der Waals surface area contributed by atoms with Crippen LogP contribution >= 0.6 is 0 Å². The van der Waals surface area contributed by atoms with E-state index in [-0.39, 0.29) is 12.5 Å². The molecule has 0 aliphatic rings. The molecule has 0 aliphatic carbocycles. The average molecular weight is 317 g/mol. The fraction of sp³-hybridized carbons (Fsp3) is 0.500. The molecule has 0 spiro atoms. The number of ether oxygens (including phenoxy) is 1. The highest BCUT2D eigenvalue weighted by atomic mass is 32.2. The first-order valence-electron chi connectivity index (χ1n) is 6.60. The molecule has 21 heavy (non-hydrogen) atoms. The smallest absolute Gasteiger partial charge is 0.309 e. The van der Waals surface area contributed by atoms with E-state index in [0.29, 0.717) is 6.42 Å². The highest BCUT2D eigenvalue weighted by Gasteiger charge is 2.25. The zero-order valence-electron chi connectivity index (χ0n) is 12.3. The van der Waals surface area contributed by atoms with Gasteiger partial charge < -0.3 is 4.74 Å². The Kier molecular flexibility index (Phi) is 6.29. The molecule has 0 heterocycles. The van der Waals surface area contributed by atoms with Crippen molar-refractivity contribution in [2.75, 3.05) is 13.7 Å². The first kappa shape index (κ1) is 17.6. The van der Waals surface area contributed by atoms with E-state index in [9.17, 15) is 17.6 Å². The number of rotatable bonds is 7. The van der Waals surface area contributed by atoms with Crippen LogP contribution in [0.4, 0.5) is 4.39 Å². The maximum absolute atomic E-state index is 13.5. The van der Waals surface area contributed by atoms with Crippen molar-refractivity contribution in [2.45, 2.75) is 25.2 Å². The summed E-state index contributed by atoms with van der Waals surface area (Å²) in [6.07, 6.45) is 0.479. The molecule has 0 fully saturated rings. The third-order valence-corrected chi connectivity index (χ3v) is 4.39. The number of esters is 1. The number of carbonyl (C=O) groups excluding carboxylic acids is 1. The molecule has 1 unspecified atom stereocenters. The van der Waals surface area contributed by atoms with Gasteiger partial charge in [-0.2, -0.15) is 0 Å². The predicted octanol–water partition coefficient (Wildman–Crippen LogP) is 1.94. The van der Waals surface area contributed by atoms with Gasteiger partial charge in [0, 0.05) is 6.54 Å². The van der Waals surface area contributed by atoms with E-state index >= 15 is 0 Å². The molecular weight excluding hydrogens is 297 g/mol. The number of hydrogen-bond donors (Lipinski definition) is 1. The Morgan fingerprint density at radius 3 is 2.48 bits per heavy atom. The molecule has 1 aromatic carbocycles. The van der Waals surface area contributed by atoms with Crippen LogP contribution in [-0.4, -0.2) is 28.0 Å². The minimum absolute atomic E-state index is 0.123. The van der Waals surface area contributed by atoms with Crippen molar-refractivity contribution < 1.29 is 22.3 Å². The SMILES string of the molecule is COC(=O)C(CNS(=O)(=O)c1ccccc1F)CC(C)C. The van der Waals surface area contributed by atoms with Gasteiger partial charge in [-0.3, -0.25) is 4.79 Å². The number of methoxy groups -OCH3 is 1. The van der Waals surface area contributed by atoms with Crippen molar-refractivity contribution in [3.8, 4) is 0 Å². The Hall–Kier alpha value is -1.47. The van der Waals surface area contributed by atoms with Crippen LogP contribution in [0.3, 0.4) is 0 Å². The third kappa shape index (κ3) is 5.09. The van der Waals surface area contributed by atoms with Crippen LogP contribution in [0, 0.1) is 17.7 Å². The van der Waals surface area contributed by atoms with Crippen LogP contribution in [0.5, 0.6) is 0 Å². The molecule has 1 rings (SSSR count). The highest BCUT2D eigenvalue weighted by Crippen LogP contribution is 2.16. The number of halogens is 1. The Labute approximate surface area is 124 Å². The van der Waals surface area contributed by atoms with E-state index in [1.54, 1.807) is 0 Å². The van der Waals surface area contributed by atoms with Crippen LogP contribution in [-0.2, 0) is 19.6 Å². The van der Waals surface area contributed by atoms with Crippen LogP contribution in [0.15, 0.2) is 29.2 Å². The Morgan fingerprint density at radius 2 is 1.95 bits per heavy atom. The van der Waals surface area contributed by atoms with Crippen molar-refractivity contribution in [3.05, 3.63) is 30.1 Å². The molecule has 7 heteroatoms. The number of nitrogens with one attached hydrogen (secondary N) is 1. The van der Waals surface area contributed by atoms with E-state index in [1.165, 1.54) is 25.3 Å². The van der Waals surface area contributed by atoms with Gasteiger partial charge in [-0.1, -0.05) is 26.0 Å². The molecule has 5 nitrogen and oxygen atoms in total. The molecular formula is C14H20FNO4S. The molecule has 0 aliphatic heterocycles. The van der Waals surface area contributed by atoms with Gasteiger partial charge >= 0.3 is 5.97 Å². The van der Waals surface area contributed by atoms with Crippen LogP contribution in [0.25, 0.3) is 0 Å².